The number of nitrogens with zero attached hydrogens (tertiary/aromatic N) is 1. The Kier molecular flexibility index (Phi) is 7.09. The Labute approximate surface area is 180 Å². The number of carbonyl (C=O) groups is 1. The lowest BCUT2D eigenvalue weighted by Gasteiger charge is -2.14. The molecule has 0 saturated carbocycles. The number of ether oxygens (including phenoxy) is 2. The predicted octanol–water partition coefficient (Wildman–Crippen LogP) is 6.07. The summed E-state index contributed by atoms with van der Waals surface area (Å²) in [6, 6.07) is 18.0. The maximum absolute atomic E-state index is 11.0. The van der Waals surface area contributed by atoms with Crippen LogP contribution in [0.2, 0.25) is 5.02 Å². The van der Waals surface area contributed by atoms with Crippen LogP contribution in [0.15, 0.2) is 65.7 Å². The van der Waals surface area contributed by atoms with Crippen LogP contribution in [0, 0.1) is 6.92 Å². The van der Waals surface area contributed by atoms with E-state index in [1.807, 2.05) is 44.2 Å². The van der Waals surface area contributed by atoms with E-state index < -0.39 is 5.97 Å². The zero-order valence-electron chi connectivity index (χ0n) is 16.8. The van der Waals surface area contributed by atoms with Crippen molar-refractivity contribution in [2.24, 2.45) is 4.99 Å². The van der Waals surface area contributed by atoms with Crippen molar-refractivity contribution < 1.29 is 19.4 Å². The number of hydrogen-bond acceptors (Lipinski definition) is 4. The molecule has 3 rings (SSSR count). The third-order valence-electron chi connectivity index (χ3n) is 4.31. The number of benzene rings is 3. The van der Waals surface area contributed by atoms with Crippen molar-refractivity contribution in [2.45, 2.75) is 20.5 Å². The maximum atomic E-state index is 11.0. The zero-order valence-corrected chi connectivity index (χ0v) is 17.5. The third kappa shape index (κ3) is 5.61. The second kappa shape index (κ2) is 9.94. The fraction of sp³-hybridized carbons (Fsp3) is 0.167. The second-order valence-electron chi connectivity index (χ2n) is 6.65. The largest absolute Gasteiger partial charge is 0.490 e. The van der Waals surface area contributed by atoms with Crippen LogP contribution >= 0.6 is 11.6 Å². The van der Waals surface area contributed by atoms with Gasteiger partial charge in [-0.3, -0.25) is 4.99 Å². The summed E-state index contributed by atoms with van der Waals surface area (Å²) in [5.41, 5.74) is 3.87. The quantitative estimate of drug-likeness (QED) is 0.446. The van der Waals surface area contributed by atoms with Gasteiger partial charge in [0.1, 0.15) is 6.61 Å². The standard InChI is InChI=1S/C24H22ClNO4/c1-3-29-22-13-18(14-26-20-10-4-16(2)5-11-20)12-21(25)23(22)30-15-17-6-8-19(9-7-17)24(27)28/h4-14H,3,15H2,1-2H3,(H,27,28). The zero-order chi connectivity index (χ0) is 21.5. The van der Waals surface area contributed by atoms with Gasteiger partial charge in [0, 0.05) is 6.21 Å². The third-order valence-corrected chi connectivity index (χ3v) is 4.59. The van der Waals surface area contributed by atoms with Gasteiger partial charge in [-0.25, -0.2) is 4.79 Å². The van der Waals surface area contributed by atoms with E-state index >= 15 is 0 Å². The van der Waals surface area contributed by atoms with Gasteiger partial charge in [-0.05, 0) is 61.4 Å². The van der Waals surface area contributed by atoms with Gasteiger partial charge in [0.05, 0.1) is 22.9 Å². The molecule has 0 heterocycles. The number of hydrogen-bond donors (Lipinski definition) is 1. The van der Waals surface area contributed by atoms with Crippen molar-refractivity contribution >= 4 is 29.5 Å². The van der Waals surface area contributed by atoms with Gasteiger partial charge in [0.2, 0.25) is 0 Å². The molecule has 30 heavy (non-hydrogen) atoms. The minimum atomic E-state index is -0.966. The SMILES string of the molecule is CCOc1cc(C=Nc2ccc(C)cc2)cc(Cl)c1OCc1ccc(C(=O)O)cc1. The van der Waals surface area contributed by atoms with E-state index in [1.54, 1.807) is 24.4 Å². The number of aliphatic imine (C=N–C) groups is 1. The normalized spacial score (nSPS) is 10.9. The van der Waals surface area contributed by atoms with E-state index in [0.717, 1.165) is 16.8 Å². The summed E-state index contributed by atoms with van der Waals surface area (Å²) in [6.45, 7) is 4.60. The van der Waals surface area contributed by atoms with Gasteiger partial charge in [0.15, 0.2) is 11.5 Å². The van der Waals surface area contributed by atoms with E-state index in [2.05, 4.69) is 4.99 Å². The van der Waals surface area contributed by atoms with Gasteiger partial charge >= 0.3 is 5.97 Å². The number of carboxylic acid groups (broad SMARTS) is 1. The molecule has 0 fully saturated rings. The molecule has 0 amide bonds. The average Bonchev–Trinajstić information content (AvgIpc) is 2.73. The molecular formula is C24H22ClNO4. The molecule has 0 aliphatic heterocycles. The first kappa shape index (κ1) is 21.4. The van der Waals surface area contributed by atoms with Crippen molar-refractivity contribution in [3.05, 3.63) is 87.9 Å². The highest BCUT2D eigenvalue weighted by atomic mass is 35.5. The van der Waals surface area contributed by atoms with Gasteiger partial charge < -0.3 is 14.6 Å². The molecule has 0 spiro atoms. The summed E-state index contributed by atoms with van der Waals surface area (Å²) >= 11 is 6.46. The van der Waals surface area contributed by atoms with Crippen molar-refractivity contribution in [1.82, 2.24) is 0 Å². The van der Waals surface area contributed by atoms with E-state index in [4.69, 9.17) is 26.2 Å². The lowest BCUT2D eigenvalue weighted by molar-refractivity contribution is 0.0697. The van der Waals surface area contributed by atoms with E-state index in [-0.39, 0.29) is 12.2 Å². The first-order valence-corrected chi connectivity index (χ1v) is 9.86. The molecule has 0 aliphatic carbocycles. The number of aromatic carboxylic acids is 1. The van der Waals surface area contributed by atoms with Gasteiger partial charge in [-0.15, -0.1) is 0 Å². The summed E-state index contributed by atoms with van der Waals surface area (Å²) in [7, 11) is 0. The monoisotopic (exact) mass is 423 g/mol. The Morgan fingerprint density at radius 1 is 1.07 bits per heavy atom. The van der Waals surface area contributed by atoms with Gasteiger partial charge in [-0.1, -0.05) is 41.4 Å². The fourth-order valence-electron chi connectivity index (χ4n) is 2.74. The highest BCUT2D eigenvalue weighted by Crippen LogP contribution is 2.37. The number of halogens is 1. The van der Waals surface area contributed by atoms with Crippen LogP contribution < -0.4 is 9.47 Å². The molecule has 1 N–H and O–H groups in total. The molecule has 0 saturated heterocycles. The Morgan fingerprint density at radius 2 is 1.77 bits per heavy atom. The predicted molar refractivity (Wildman–Crippen MR) is 119 cm³/mol. The highest BCUT2D eigenvalue weighted by Gasteiger charge is 2.13. The Hall–Kier alpha value is -3.31. The molecule has 0 radical (unpaired) electrons. The topological polar surface area (TPSA) is 68.1 Å². The van der Waals surface area contributed by atoms with Crippen LogP contribution in [0.5, 0.6) is 11.5 Å². The van der Waals surface area contributed by atoms with Crippen molar-refractivity contribution in [3.63, 3.8) is 0 Å². The molecule has 0 aromatic heterocycles. The van der Waals surface area contributed by atoms with Crippen molar-refractivity contribution in [3.8, 4) is 11.5 Å². The number of aryl methyl sites for hydroxylation is 1. The molecule has 0 unspecified atom stereocenters. The number of carboxylic acids is 1. The first-order chi connectivity index (χ1) is 14.5. The summed E-state index contributed by atoms with van der Waals surface area (Å²) < 4.78 is 11.6. The molecule has 5 nitrogen and oxygen atoms in total. The van der Waals surface area contributed by atoms with E-state index in [9.17, 15) is 4.79 Å². The summed E-state index contributed by atoms with van der Waals surface area (Å²) in [5.74, 6) is -0.00198. The molecule has 0 aliphatic rings. The lowest BCUT2D eigenvalue weighted by Crippen LogP contribution is -2.02. The fourth-order valence-corrected chi connectivity index (χ4v) is 3.02. The van der Waals surface area contributed by atoms with E-state index in [1.165, 1.54) is 17.7 Å². The minimum Gasteiger partial charge on any atom is -0.490 e. The molecule has 0 bridgehead atoms. The number of rotatable bonds is 8. The van der Waals surface area contributed by atoms with Crippen LogP contribution in [0.1, 0.15) is 34.0 Å². The maximum Gasteiger partial charge on any atom is 0.335 e. The van der Waals surface area contributed by atoms with Gasteiger partial charge in [-0.2, -0.15) is 0 Å². The van der Waals surface area contributed by atoms with Gasteiger partial charge in [0.25, 0.3) is 0 Å². The average molecular weight is 424 g/mol. The summed E-state index contributed by atoms with van der Waals surface area (Å²) in [6.07, 6.45) is 1.73. The Morgan fingerprint density at radius 3 is 2.40 bits per heavy atom. The van der Waals surface area contributed by atoms with Crippen molar-refractivity contribution in [1.29, 1.82) is 0 Å². The van der Waals surface area contributed by atoms with E-state index in [0.29, 0.717) is 23.1 Å². The molecule has 3 aromatic rings. The van der Waals surface area contributed by atoms with Crippen LogP contribution in [0.4, 0.5) is 5.69 Å². The molecule has 3 aromatic carbocycles. The second-order valence-corrected chi connectivity index (χ2v) is 7.05. The smallest absolute Gasteiger partial charge is 0.335 e. The summed E-state index contributed by atoms with van der Waals surface area (Å²) in [5, 5.41) is 9.40. The minimum absolute atomic E-state index is 0.226. The Bertz CT molecular complexity index is 1040. The van der Waals surface area contributed by atoms with Crippen LogP contribution in [-0.4, -0.2) is 23.9 Å². The lowest BCUT2D eigenvalue weighted by atomic mass is 10.1. The van der Waals surface area contributed by atoms with Crippen LogP contribution in [0.25, 0.3) is 0 Å². The van der Waals surface area contributed by atoms with Crippen LogP contribution in [-0.2, 0) is 6.61 Å². The Balaban J connectivity index is 1.78. The summed E-state index contributed by atoms with van der Waals surface area (Å²) in [4.78, 5) is 15.4. The molecule has 6 heteroatoms. The first-order valence-electron chi connectivity index (χ1n) is 9.48. The molecule has 0 atom stereocenters. The van der Waals surface area contributed by atoms with Crippen molar-refractivity contribution in [2.75, 3.05) is 6.61 Å². The molecular weight excluding hydrogens is 402 g/mol. The molecule has 154 valence electrons. The van der Waals surface area contributed by atoms with Crippen LogP contribution in [0.3, 0.4) is 0 Å². The highest BCUT2D eigenvalue weighted by molar-refractivity contribution is 6.32.